The summed E-state index contributed by atoms with van der Waals surface area (Å²) in [6.45, 7) is 1.64. The molecule has 5 nitrogen and oxygen atoms in total. The van der Waals surface area contributed by atoms with Crippen LogP contribution in [0.5, 0.6) is 0 Å². The molecule has 7 heteroatoms. The third-order valence-corrected chi connectivity index (χ3v) is 3.46. The highest BCUT2D eigenvalue weighted by molar-refractivity contribution is 9.11. The van der Waals surface area contributed by atoms with Crippen molar-refractivity contribution in [1.29, 1.82) is 0 Å². The minimum Gasteiger partial charge on any atom is -0.467 e. The third kappa shape index (κ3) is 3.94. The number of benzene rings is 1. The summed E-state index contributed by atoms with van der Waals surface area (Å²) in [6.07, 6.45) is 0. The molecule has 0 aliphatic heterocycles. The summed E-state index contributed by atoms with van der Waals surface area (Å²) in [7, 11) is 2.60. The average Bonchev–Trinajstić information content (AvgIpc) is 2.39. The maximum absolute atomic E-state index is 11.7. The second-order valence-corrected chi connectivity index (χ2v) is 5.46. The van der Waals surface area contributed by atoms with Crippen LogP contribution in [0.15, 0.2) is 21.1 Å². The molecule has 1 atom stereocenters. The van der Waals surface area contributed by atoms with Gasteiger partial charge >= 0.3 is 11.9 Å². The number of ether oxygens (including phenoxy) is 2. The highest BCUT2D eigenvalue weighted by Gasteiger charge is 2.20. The van der Waals surface area contributed by atoms with Crippen LogP contribution in [0.3, 0.4) is 0 Å². The topological polar surface area (TPSA) is 64.6 Å². The lowest BCUT2D eigenvalue weighted by Gasteiger charge is -2.17. The predicted octanol–water partition coefficient (Wildman–Crippen LogP) is 2.97. The van der Waals surface area contributed by atoms with Gasteiger partial charge in [0, 0.05) is 8.95 Å². The Morgan fingerprint density at radius 3 is 2.37 bits per heavy atom. The smallest absolute Gasteiger partial charge is 0.340 e. The zero-order valence-electron chi connectivity index (χ0n) is 10.6. The van der Waals surface area contributed by atoms with Gasteiger partial charge in [0.15, 0.2) is 0 Å². The number of hydrogen-bond donors (Lipinski definition) is 1. The standard InChI is InChI=1S/C12H13Br2NO4/c1-6(11(16)18-2)15-10-8(12(17)19-3)4-7(13)5-9(10)14/h4-6,15H,1-3H3. The SMILES string of the molecule is COC(=O)c1cc(Br)cc(Br)c1NC(C)C(=O)OC. The van der Waals surface area contributed by atoms with Crippen LogP contribution in [-0.4, -0.2) is 32.2 Å². The molecule has 0 saturated heterocycles. The van der Waals surface area contributed by atoms with E-state index in [1.165, 1.54) is 14.2 Å². The summed E-state index contributed by atoms with van der Waals surface area (Å²) in [4.78, 5) is 23.2. The monoisotopic (exact) mass is 393 g/mol. The van der Waals surface area contributed by atoms with Crippen molar-refractivity contribution in [1.82, 2.24) is 0 Å². The molecule has 0 heterocycles. The largest absolute Gasteiger partial charge is 0.467 e. The van der Waals surface area contributed by atoms with Crippen molar-refractivity contribution in [3.63, 3.8) is 0 Å². The van der Waals surface area contributed by atoms with Gasteiger partial charge in [0.05, 0.1) is 25.5 Å². The van der Waals surface area contributed by atoms with E-state index in [1.54, 1.807) is 19.1 Å². The Kier molecular flexibility index (Phi) is 5.81. The second-order valence-electron chi connectivity index (χ2n) is 3.69. The van der Waals surface area contributed by atoms with E-state index < -0.39 is 18.0 Å². The average molecular weight is 395 g/mol. The summed E-state index contributed by atoms with van der Waals surface area (Å²) in [6, 6.07) is 2.78. The normalized spacial score (nSPS) is 11.6. The fourth-order valence-electron chi connectivity index (χ4n) is 1.44. The van der Waals surface area contributed by atoms with E-state index >= 15 is 0 Å². The number of esters is 2. The van der Waals surface area contributed by atoms with E-state index in [0.29, 0.717) is 15.7 Å². The maximum atomic E-state index is 11.7. The van der Waals surface area contributed by atoms with Gasteiger partial charge in [-0.2, -0.15) is 0 Å². The first-order chi connectivity index (χ1) is 8.90. The van der Waals surface area contributed by atoms with Crippen LogP contribution in [-0.2, 0) is 14.3 Å². The summed E-state index contributed by atoms with van der Waals surface area (Å²) < 4.78 is 10.7. The second kappa shape index (κ2) is 6.91. The van der Waals surface area contributed by atoms with Gasteiger partial charge in [0.1, 0.15) is 6.04 Å². The van der Waals surface area contributed by atoms with Crippen LogP contribution in [0.2, 0.25) is 0 Å². The van der Waals surface area contributed by atoms with Crippen molar-refractivity contribution < 1.29 is 19.1 Å². The number of carbonyl (C=O) groups excluding carboxylic acids is 2. The molecule has 1 unspecified atom stereocenters. The molecule has 0 aliphatic carbocycles. The highest BCUT2D eigenvalue weighted by atomic mass is 79.9. The van der Waals surface area contributed by atoms with Crippen LogP contribution in [0.1, 0.15) is 17.3 Å². The molecule has 1 N–H and O–H groups in total. The first kappa shape index (κ1) is 16.0. The molecule has 0 bridgehead atoms. The Morgan fingerprint density at radius 2 is 1.84 bits per heavy atom. The lowest BCUT2D eigenvalue weighted by atomic mass is 10.1. The van der Waals surface area contributed by atoms with Crippen molar-refractivity contribution in [3.05, 3.63) is 26.6 Å². The number of carbonyl (C=O) groups is 2. The Labute approximate surface area is 127 Å². The number of nitrogens with one attached hydrogen (secondary N) is 1. The van der Waals surface area contributed by atoms with Crippen molar-refractivity contribution >= 4 is 49.5 Å². The van der Waals surface area contributed by atoms with Crippen molar-refractivity contribution in [3.8, 4) is 0 Å². The van der Waals surface area contributed by atoms with Gasteiger partial charge in [-0.3, -0.25) is 0 Å². The van der Waals surface area contributed by atoms with Gasteiger partial charge in [0.2, 0.25) is 0 Å². The van der Waals surface area contributed by atoms with Crippen molar-refractivity contribution in [2.75, 3.05) is 19.5 Å². The predicted molar refractivity (Wildman–Crippen MR) is 78.3 cm³/mol. The first-order valence-electron chi connectivity index (χ1n) is 5.32. The minimum atomic E-state index is -0.592. The van der Waals surface area contributed by atoms with E-state index in [4.69, 9.17) is 4.74 Å². The van der Waals surface area contributed by atoms with E-state index in [1.807, 2.05) is 0 Å². The van der Waals surface area contributed by atoms with Gasteiger partial charge in [0.25, 0.3) is 0 Å². The Bertz CT molecular complexity index is 505. The van der Waals surface area contributed by atoms with Gasteiger partial charge in [-0.25, -0.2) is 9.59 Å². The molecule has 0 aliphatic rings. The molecule has 19 heavy (non-hydrogen) atoms. The van der Waals surface area contributed by atoms with E-state index in [-0.39, 0.29) is 0 Å². The molecule has 1 aromatic carbocycles. The molecule has 0 spiro atoms. The van der Waals surface area contributed by atoms with Crippen LogP contribution >= 0.6 is 31.9 Å². The fraction of sp³-hybridized carbons (Fsp3) is 0.333. The molecule has 1 rings (SSSR count). The molecule has 0 fully saturated rings. The Morgan fingerprint density at radius 1 is 1.21 bits per heavy atom. The van der Waals surface area contributed by atoms with Crippen LogP contribution < -0.4 is 5.32 Å². The van der Waals surface area contributed by atoms with E-state index in [9.17, 15) is 9.59 Å². The molecule has 0 radical (unpaired) electrons. The Hall–Kier alpha value is -1.08. The number of rotatable bonds is 4. The van der Waals surface area contributed by atoms with E-state index in [2.05, 4.69) is 41.9 Å². The van der Waals surface area contributed by atoms with E-state index in [0.717, 1.165) is 4.47 Å². The summed E-state index contributed by atoms with van der Waals surface area (Å²) in [5, 5.41) is 2.93. The summed E-state index contributed by atoms with van der Waals surface area (Å²) in [5.41, 5.74) is 0.799. The number of halogens is 2. The Balaban J connectivity index is 3.18. The third-order valence-electron chi connectivity index (χ3n) is 2.38. The molecule has 104 valence electrons. The maximum Gasteiger partial charge on any atom is 0.340 e. The number of anilines is 1. The lowest BCUT2D eigenvalue weighted by Crippen LogP contribution is -2.28. The molecular weight excluding hydrogens is 382 g/mol. The highest BCUT2D eigenvalue weighted by Crippen LogP contribution is 2.31. The molecule has 0 saturated carbocycles. The first-order valence-corrected chi connectivity index (χ1v) is 6.91. The molecular formula is C12H13Br2NO4. The van der Waals surface area contributed by atoms with Crippen molar-refractivity contribution in [2.45, 2.75) is 13.0 Å². The zero-order chi connectivity index (χ0) is 14.6. The van der Waals surface area contributed by atoms with Crippen LogP contribution in [0.4, 0.5) is 5.69 Å². The zero-order valence-corrected chi connectivity index (χ0v) is 13.8. The summed E-state index contributed by atoms with van der Waals surface area (Å²) >= 11 is 6.64. The number of hydrogen-bond acceptors (Lipinski definition) is 5. The molecule has 0 amide bonds. The van der Waals surface area contributed by atoms with Crippen LogP contribution in [0.25, 0.3) is 0 Å². The minimum absolute atomic E-state index is 0.319. The van der Waals surface area contributed by atoms with Gasteiger partial charge < -0.3 is 14.8 Å². The van der Waals surface area contributed by atoms with Crippen LogP contribution in [0, 0.1) is 0 Å². The quantitative estimate of drug-likeness (QED) is 0.795. The number of methoxy groups -OCH3 is 2. The van der Waals surface area contributed by atoms with Gasteiger partial charge in [-0.05, 0) is 35.0 Å². The lowest BCUT2D eigenvalue weighted by molar-refractivity contribution is -0.141. The van der Waals surface area contributed by atoms with Crippen molar-refractivity contribution in [2.24, 2.45) is 0 Å². The summed E-state index contributed by atoms with van der Waals surface area (Å²) in [5.74, 6) is -0.924. The van der Waals surface area contributed by atoms with Gasteiger partial charge in [-0.15, -0.1) is 0 Å². The molecule has 1 aromatic rings. The van der Waals surface area contributed by atoms with Gasteiger partial charge in [-0.1, -0.05) is 15.9 Å². The molecule has 0 aromatic heterocycles. The fourth-order valence-corrected chi connectivity index (χ4v) is 2.78.